The summed E-state index contributed by atoms with van der Waals surface area (Å²) in [6, 6.07) is 0. The van der Waals surface area contributed by atoms with E-state index in [0.717, 1.165) is 13.0 Å². The summed E-state index contributed by atoms with van der Waals surface area (Å²) >= 11 is 0. The van der Waals surface area contributed by atoms with E-state index in [9.17, 15) is 4.79 Å². The average Bonchev–Trinajstić information content (AvgIpc) is 2.80. The van der Waals surface area contributed by atoms with Gasteiger partial charge in [0.1, 0.15) is 6.10 Å². The highest BCUT2D eigenvalue weighted by Gasteiger charge is 2.44. The minimum absolute atomic E-state index is 0.237. The highest BCUT2D eigenvalue weighted by atomic mass is 16.6. The number of methoxy groups -OCH3 is 1. The molecule has 2 heterocycles. The number of carbonyl (C=O) groups excluding carboxylic acids is 1. The van der Waals surface area contributed by atoms with Crippen molar-refractivity contribution >= 4 is 6.09 Å². The Morgan fingerprint density at radius 3 is 3.09 bits per heavy atom. The molecule has 1 amide bonds. The minimum atomic E-state index is -0.237. The summed E-state index contributed by atoms with van der Waals surface area (Å²) in [7, 11) is 1.40. The van der Waals surface area contributed by atoms with Crippen LogP contribution < -0.4 is 0 Å². The summed E-state index contributed by atoms with van der Waals surface area (Å²) in [6.45, 7) is 1.48. The van der Waals surface area contributed by atoms with Crippen molar-refractivity contribution in [2.75, 3.05) is 20.2 Å². The van der Waals surface area contributed by atoms with Gasteiger partial charge in [-0.15, -0.1) is 0 Å². The molecule has 0 aromatic rings. The molecule has 2 fully saturated rings. The van der Waals surface area contributed by atoms with Crippen LogP contribution in [0.4, 0.5) is 4.79 Å². The van der Waals surface area contributed by atoms with Gasteiger partial charge in [-0.2, -0.15) is 0 Å². The lowest BCUT2D eigenvalue weighted by molar-refractivity contribution is 0.118. The molecule has 2 aliphatic rings. The van der Waals surface area contributed by atoms with Crippen molar-refractivity contribution in [3.05, 3.63) is 0 Å². The average molecular weight is 157 g/mol. The number of hydrogen-bond donors (Lipinski definition) is 0. The lowest BCUT2D eigenvalue weighted by Gasteiger charge is -2.22. The Bertz CT molecular complexity index is 183. The molecule has 0 bridgehead atoms. The van der Waals surface area contributed by atoms with Gasteiger partial charge in [0.05, 0.1) is 19.8 Å². The molecule has 11 heavy (non-hydrogen) atoms. The zero-order chi connectivity index (χ0) is 7.84. The van der Waals surface area contributed by atoms with Gasteiger partial charge in [0.25, 0.3) is 0 Å². The molecule has 4 heteroatoms. The summed E-state index contributed by atoms with van der Waals surface area (Å²) in [5, 5.41) is 0. The van der Waals surface area contributed by atoms with E-state index in [4.69, 9.17) is 4.74 Å². The van der Waals surface area contributed by atoms with Crippen LogP contribution in [0.1, 0.15) is 6.42 Å². The Morgan fingerprint density at radius 1 is 1.64 bits per heavy atom. The summed E-state index contributed by atoms with van der Waals surface area (Å²) in [4.78, 5) is 12.7. The fourth-order valence-corrected chi connectivity index (χ4v) is 1.48. The van der Waals surface area contributed by atoms with Crippen LogP contribution in [-0.4, -0.2) is 43.4 Å². The molecule has 2 aliphatic heterocycles. The number of likely N-dealkylation sites (tertiary alicyclic amines) is 1. The zero-order valence-corrected chi connectivity index (χ0v) is 6.45. The van der Waals surface area contributed by atoms with Crippen LogP contribution in [0.3, 0.4) is 0 Å². The summed E-state index contributed by atoms with van der Waals surface area (Å²) < 4.78 is 9.84. The first-order chi connectivity index (χ1) is 5.31. The van der Waals surface area contributed by atoms with Crippen molar-refractivity contribution in [3.63, 3.8) is 0 Å². The third-order valence-electron chi connectivity index (χ3n) is 2.20. The van der Waals surface area contributed by atoms with Crippen molar-refractivity contribution < 1.29 is 14.3 Å². The van der Waals surface area contributed by atoms with Gasteiger partial charge in [0, 0.05) is 6.54 Å². The highest BCUT2D eigenvalue weighted by molar-refractivity contribution is 5.67. The largest absolute Gasteiger partial charge is 0.453 e. The maximum absolute atomic E-state index is 11.0. The Labute approximate surface area is 65.1 Å². The maximum Gasteiger partial charge on any atom is 0.409 e. The van der Waals surface area contributed by atoms with Gasteiger partial charge in [-0.3, -0.25) is 0 Å². The Hall–Kier alpha value is -0.770. The summed E-state index contributed by atoms with van der Waals surface area (Å²) in [6.07, 6.45) is 1.44. The van der Waals surface area contributed by atoms with Gasteiger partial charge in [-0.25, -0.2) is 4.79 Å². The van der Waals surface area contributed by atoms with Crippen molar-refractivity contribution in [2.45, 2.75) is 18.6 Å². The molecule has 2 saturated heterocycles. The number of hydrogen-bond acceptors (Lipinski definition) is 3. The van der Waals surface area contributed by atoms with Crippen LogP contribution in [0.5, 0.6) is 0 Å². The number of carbonyl (C=O) groups is 1. The quantitative estimate of drug-likeness (QED) is 0.472. The first kappa shape index (κ1) is 6.91. The predicted molar refractivity (Wildman–Crippen MR) is 37.3 cm³/mol. The van der Waals surface area contributed by atoms with Crippen molar-refractivity contribution in [2.24, 2.45) is 0 Å². The van der Waals surface area contributed by atoms with Gasteiger partial charge >= 0.3 is 6.09 Å². The molecular formula is C7H11NO3. The first-order valence-corrected chi connectivity index (χ1v) is 3.79. The molecule has 0 unspecified atom stereocenters. The molecule has 0 saturated carbocycles. The molecule has 0 radical (unpaired) electrons. The van der Waals surface area contributed by atoms with E-state index in [1.807, 2.05) is 0 Å². The maximum atomic E-state index is 11.0. The Morgan fingerprint density at radius 2 is 2.45 bits per heavy atom. The van der Waals surface area contributed by atoms with Crippen molar-refractivity contribution in [1.29, 1.82) is 0 Å². The number of fused-ring (bicyclic) bond motifs is 1. The topological polar surface area (TPSA) is 42.1 Å². The van der Waals surface area contributed by atoms with Crippen LogP contribution in [0, 0.1) is 0 Å². The van der Waals surface area contributed by atoms with E-state index >= 15 is 0 Å². The van der Waals surface area contributed by atoms with Crippen LogP contribution in [0.2, 0.25) is 0 Å². The van der Waals surface area contributed by atoms with E-state index in [0.29, 0.717) is 18.8 Å². The summed E-state index contributed by atoms with van der Waals surface area (Å²) in [5.74, 6) is 0. The van der Waals surface area contributed by atoms with Crippen LogP contribution in [0.25, 0.3) is 0 Å². The first-order valence-electron chi connectivity index (χ1n) is 3.79. The lowest BCUT2D eigenvalue weighted by atomic mass is 10.1. The SMILES string of the molecule is COC(=O)N1CC[C@@H]2O[C@H]2C1. The van der Waals surface area contributed by atoms with Crippen LogP contribution in [0.15, 0.2) is 0 Å². The molecular weight excluding hydrogens is 146 g/mol. The molecule has 0 aromatic carbocycles. The molecule has 4 nitrogen and oxygen atoms in total. The van der Waals surface area contributed by atoms with Gasteiger partial charge in [-0.05, 0) is 6.42 Å². The van der Waals surface area contributed by atoms with E-state index in [2.05, 4.69) is 4.74 Å². The lowest BCUT2D eigenvalue weighted by Crippen LogP contribution is -2.39. The number of piperidine rings is 1. The molecule has 0 aliphatic carbocycles. The van der Waals surface area contributed by atoms with E-state index in [1.54, 1.807) is 4.90 Å². The Balaban J connectivity index is 1.89. The monoisotopic (exact) mass is 157 g/mol. The van der Waals surface area contributed by atoms with E-state index in [1.165, 1.54) is 7.11 Å². The normalized spacial score (nSPS) is 34.5. The van der Waals surface area contributed by atoms with Gasteiger partial charge in [-0.1, -0.05) is 0 Å². The smallest absolute Gasteiger partial charge is 0.409 e. The molecule has 2 rings (SSSR count). The fraction of sp³-hybridized carbons (Fsp3) is 0.857. The molecule has 0 spiro atoms. The molecule has 0 aromatic heterocycles. The minimum Gasteiger partial charge on any atom is -0.453 e. The standard InChI is InChI=1S/C7H11NO3/c1-10-7(9)8-3-2-5-6(4-8)11-5/h5-6H,2-4H2,1H3/t5-,6-/m0/s1. The number of epoxide rings is 1. The van der Waals surface area contributed by atoms with Crippen molar-refractivity contribution in [1.82, 2.24) is 4.90 Å². The molecule has 0 N–H and O–H groups in total. The number of nitrogens with zero attached hydrogens (tertiary/aromatic N) is 1. The van der Waals surface area contributed by atoms with E-state index < -0.39 is 0 Å². The van der Waals surface area contributed by atoms with Gasteiger partial charge < -0.3 is 14.4 Å². The molecule has 2 atom stereocenters. The number of ether oxygens (including phenoxy) is 2. The second-order valence-corrected chi connectivity index (χ2v) is 2.92. The fourth-order valence-electron chi connectivity index (χ4n) is 1.48. The van der Waals surface area contributed by atoms with Crippen LogP contribution >= 0.6 is 0 Å². The highest BCUT2D eigenvalue weighted by Crippen LogP contribution is 2.30. The third kappa shape index (κ3) is 1.18. The number of amides is 1. The Kier molecular flexibility index (Phi) is 1.49. The number of rotatable bonds is 0. The van der Waals surface area contributed by atoms with Crippen molar-refractivity contribution in [3.8, 4) is 0 Å². The summed E-state index contributed by atoms with van der Waals surface area (Å²) in [5.41, 5.74) is 0. The van der Waals surface area contributed by atoms with Gasteiger partial charge in [0.2, 0.25) is 0 Å². The zero-order valence-electron chi connectivity index (χ0n) is 6.45. The third-order valence-corrected chi connectivity index (χ3v) is 2.20. The second kappa shape index (κ2) is 2.37. The predicted octanol–water partition coefficient (Wildman–Crippen LogP) is 0.226. The van der Waals surface area contributed by atoms with Gasteiger partial charge in [0.15, 0.2) is 0 Å². The van der Waals surface area contributed by atoms with E-state index in [-0.39, 0.29) is 6.09 Å². The molecule has 62 valence electrons. The van der Waals surface area contributed by atoms with Crippen LogP contribution in [-0.2, 0) is 9.47 Å². The second-order valence-electron chi connectivity index (χ2n) is 2.92.